The van der Waals surface area contributed by atoms with E-state index >= 15 is 0 Å². The van der Waals surface area contributed by atoms with Crippen LogP contribution in [-0.2, 0) is 11.2 Å². The van der Waals surface area contributed by atoms with E-state index in [-0.39, 0.29) is 6.42 Å². The zero-order valence-electron chi connectivity index (χ0n) is 7.87. The molecule has 0 aromatic carbocycles. The normalized spacial score (nSPS) is 10.1. The first kappa shape index (κ1) is 9.98. The highest BCUT2D eigenvalue weighted by atomic mass is 32.1. The fourth-order valence-corrected chi connectivity index (χ4v) is 1.76. The summed E-state index contributed by atoms with van der Waals surface area (Å²) in [5, 5.41) is 9.45. The summed E-state index contributed by atoms with van der Waals surface area (Å²) in [5.74, 6) is -0.835. The monoisotopic (exact) mass is 200 g/mol. The van der Waals surface area contributed by atoms with Gasteiger partial charge in [-0.25, -0.2) is 4.98 Å². The van der Waals surface area contributed by atoms with Gasteiger partial charge in [0, 0.05) is 19.0 Å². The van der Waals surface area contributed by atoms with Gasteiger partial charge < -0.3 is 10.0 Å². The Labute approximate surface area is 80.8 Å². The minimum absolute atomic E-state index is 0.0101. The lowest BCUT2D eigenvalue weighted by atomic mass is 10.3. The molecule has 1 heterocycles. The van der Waals surface area contributed by atoms with E-state index < -0.39 is 5.97 Å². The molecule has 72 valence electrons. The van der Waals surface area contributed by atoms with Crippen LogP contribution in [0.1, 0.15) is 10.6 Å². The third-order valence-corrected chi connectivity index (χ3v) is 2.76. The van der Waals surface area contributed by atoms with Crippen LogP contribution < -0.4 is 4.90 Å². The molecular weight excluding hydrogens is 188 g/mol. The third-order valence-electron chi connectivity index (χ3n) is 1.58. The molecule has 1 N–H and O–H groups in total. The molecule has 0 saturated carbocycles. The number of rotatable bonds is 3. The molecule has 0 atom stereocenters. The predicted molar refractivity (Wildman–Crippen MR) is 52.5 cm³/mol. The first-order valence-corrected chi connectivity index (χ1v) is 4.67. The molecule has 1 rings (SSSR count). The molecule has 5 heteroatoms. The van der Waals surface area contributed by atoms with E-state index in [9.17, 15) is 4.79 Å². The van der Waals surface area contributed by atoms with Crippen LogP contribution in [0.5, 0.6) is 0 Å². The molecule has 0 unspecified atom stereocenters. The van der Waals surface area contributed by atoms with Crippen LogP contribution >= 0.6 is 11.3 Å². The Morgan fingerprint density at radius 3 is 2.62 bits per heavy atom. The van der Waals surface area contributed by atoms with Gasteiger partial charge >= 0.3 is 5.97 Å². The van der Waals surface area contributed by atoms with Crippen LogP contribution in [0.15, 0.2) is 0 Å². The van der Waals surface area contributed by atoms with Crippen molar-refractivity contribution < 1.29 is 9.90 Å². The molecule has 0 saturated heterocycles. The fourth-order valence-electron chi connectivity index (χ4n) is 0.911. The number of carboxylic acid groups (broad SMARTS) is 1. The van der Waals surface area contributed by atoms with Gasteiger partial charge in [-0.05, 0) is 6.92 Å². The van der Waals surface area contributed by atoms with Gasteiger partial charge in [0.25, 0.3) is 0 Å². The van der Waals surface area contributed by atoms with Crippen molar-refractivity contribution in [1.29, 1.82) is 0 Å². The summed E-state index contributed by atoms with van der Waals surface area (Å²) < 4.78 is 0. The number of hydrogen-bond donors (Lipinski definition) is 1. The Balaban J connectivity index is 2.89. The summed E-state index contributed by atoms with van der Waals surface area (Å²) in [7, 11) is 3.78. The molecule has 0 fully saturated rings. The van der Waals surface area contributed by atoms with E-state index in [0.29, 0.717) is 5.69 Å². The number of hydrogen-bond acceptors (Lipinski definition) is 4. The highest BCUT2D eigenvalue weighted by Crippen LogP contribution is 2.24. The zero-order chi connectivity index (χ0) is 10.0. The highest BCUT2D eigenvalue weighted by molar-refractivity contribution is 7.15. The SMILES string of the molecule is Cc1sc(N(C)C)nc1CC(=O)O. The van der Waals surface area contributed by atoms with Crippen molar-refractivity contribution in [3.63, 3.8) is 0 Å². The predicted octanol–water partition coefficient (Wildman–Crippen LogP) is 1.14. The van der Waals surface area contributed by atoms with Crippen molar-refractivity contribution in [1.82, 2.24) is 4.98 Å². The maximum atomic E-state index is 10.5. The van der Waals surface area contributed by atoms with Crippen LogP contribution in [0.2, 0.25) is 0 Å². The highest BCUT2D eigenvalue weighted by Gasteiger charge is 2.11. The van der Waals surface area contributed by atoms with Crippen LogP contribution in [0.4, 0.5) is 5.13 Å². The van der Waals surface area contributed by atoms with Gasteiger partial charge in [0.2, 0.25) is 0 Å². The first-order valence-electron chi connectivity index (χ1n) is 3.86. The summed E-state index contributed by atoms with van der Waals surface area (Å²) in [5.41, 5.74) is 0.668. The number of aliphatic carboxylic acids is 1. The Bertz CT molecular complexity index is 320. The maximum Gasteiger partial charge on any atom is 0.309 e. The van der Waals surface area contributed by atoms with Gasteiger partial charge in [-0.3, -0.25) is 4.79 Å². The fraction of sp³-hybridized carbons (Fsp3) is 0.500. The van der Waals surface area contributed by atoms with Crippen molar-refractivity contribution in [2.45, 2.75) is 13.3 Å². The topological polar surface area (TPSA) is 53.4 Å². The Hall–Kier alpha value is -1.10. The quantitative estimate of drug-likeness (QED) is 0.795. The molecule has 1 aromatic rings. The Morgan fingerprint density at radius 2 is 2.23 bits per heavy atom. The van der Waals surface area contributed by atoms with Gasteiger partial charge in [0.15, 0.2) is 5.13 Å². The number of aromatic nitrogens is 1. The van der Waals surface area contributed by atoms with Crippen molar-refractivity contribution in [3.05, 3.63) is 10.6 Å². The lowest BCUT2D eigenvalue weighted by molar-refractivity contribution is -0.136. The van der Waals surface area contributed by atoms with E-state index in [2.05, 4.69) is 4.98 Å². The molecular formula is C8H12N2O2S. The Kier molecular flexibility index (Phi) is 2.87. The van der Waals surface area contributed by atoms with Crippen LogP contribution in [0.25, 0.3) is 0 Å². The summed E-state index contributed by atoms with van der Waals surface area (Å²) >= 11 is 1.52. The van der Waals surface area contributed by atoms with Gasteiger partial charge in [-0.15, -0.1) is 11.3 Å². The molecule has 0 aliphatic heterocycles. The smallest absolute Gasteiger partial charge is 0.309 e. The molecule has 4 nitrogen and oxygen atoms in total. The molecule has 0 radical (unpaired) electrons. The number of thiazole rings is 1. The largest absolute Gasteiger partial charge is 0.481 e. The van der Waals surface area contributed by atoms with Gasteiger partial charge in [0.05, 0.1) is 12.1 Å². The van der Waals surface area contributed by atoms with Crippen LogP contribution in [-0.4, -0.2) is 30.2 Å². The molecule has 0 bridgehead atoms. The van der Waals surface area contributed by atoms with Crippen molar-refractivity contribution in [3.8, 4) is 0 Å². The summed E-state index contributed by atoms with van der Waals surface area (Å²) in [4.78, 5) is 17.5. The molecule has 13 heavy (non-hydrogen) atoms. The van der Waals surface area contributed by atoms with Gasteiger partial charge in [0.1, 0.15) is 0 Å². The lowest BCUT2D eigenvalue weighted by Gasteiger charge is -2.05. The van der Waals surface area contributed by atoms with E-state index in [1.807, 2.05) is 25.9 Å². The second kappa shape index (κ2) is 3.74. The molecule has 0 amide bonds. The molecule has 1 aromatic heterocycles. The van der Waals surface area contributed by atoms with Crippen molar-refractivity contribution >= 4 is 22.4 Å². The van der Waals surface area contributed by atoms with E-state index in [1.165, 1.54) is 11.3 Å². The van der Waals surface area contributed by atoms with Crippen molar-refractivity contribution in [2.75, 3.05) is 19.0 Å². The van der Waals surface area contributed by atoms with E-state index in [1.54, 1.807) is 0 Å². The van der Waals surface area contributed by atoms with Crippen molar-refractivity contribution in [2.24, 2.45) is 0 Å². The number of anilines is 1. The molecule has 0 aliphatic rings. The Morgan fingerprint density at radius 1 is 1.62 bits per heavy atom. The van der Waals surface area contributed by atoms with Crippen LogP contribution in [0.3, 0.4) is 0 Å². The zero-order valence-corrected chi connectivity index (χ0v) is 8.68. The number of aryl methyl sites for hydroxylation is 1. The maximum absolute atomic E-state index is 10.5. The number of carbonyl (C=O) groups is 1. The molecule has 0 spiro atoms. The summed E-state index contributed by atoms with van der Waals surface area (Å²) in [6, 6.07) is 0. The minimum Gasteiger partial charge on any atom is -0.481 e. The van der Waals surface area contributed by atoms with Crippen LogP contribution in [0, 0.1) is 6.92 Å². The van der Waals surface area contributed by atoms with E-state index in [0.717, 1.165) is 10.0 Å². The first-order chi connectivity index (χ1) is 6.00. The lowest BCUT2D eigenvalue weighted by Crippen LogP contribution is -2.08. The second-order valence-corrected chi connectivity index (χ2v) is 4.15. The second-order valence-electron chi connectivity index (χ2n) is 2.96. The van der Waals surface area contributed by atoms with Gasteiger partial charge in [-0.2, -0.15) is 0 Å². The van der Waals surface area contributed by atoms with Gasteiger partial charge in [-0.1, -0.05) is 0 Å². The minimum atomic E-state index is -0.835. The standard InChI is InChI=1S/C8H12N2O2S/c1-5-6(4-7(11)12)9-8(13-5)10(2)3/h4H2,1-3H3,(H,11,12). The number of nitrogens with zero attached hydrogens (tertiary/aromatic N) is 2. The van der Waals surface area contributed by atoms with E-state index in [4.69, 9.17) is 5.11 Å². The average Bonchev–Trinajstić information content (AvgIpc) is 2.31. The molecule has 0 aliphatic carbocycles. The third kappa shape index (κ3) is 2.42. The average molecular weight is 200 g/mol. The summed E-state index contributed by atoms with van der Waals surface area (Å²) in [6.45, 7) is 1.89. The summed E-state index contributed by atoms with van der Waals surface area (Å²) in [6.07, 6.45) is 0.0101. The number of carboxylic acids is 1.